The first kappa shape index (κ1) is 13.5. The second-order valence-electron chi connectivity index (χ2n) is 4.90. The Morgan fingerprint density at radius 2 is 2.11 bits per heavy atom. The van der Waals surface area contributed by atoms with Crippen molar-refractivity contribution in [2.45, 2.75) is 26.4 Å². The zero-order valence-electron chi connectivity index (χ0n) is 11.0. The molecule has 0 aliphatic rings. The van der Waals surface area contributed by atoms with Gasteiger partial charge < -0.3 is 15.2 Å². The van der Waals surface area contributed by atoms with E-state index in [4.69, 9.17) is 15.2 Å². The van der Waals surface area contributed by atoms with Crippen molar-refractivity contribution in [1.29, 1.82) is 0 Å². The van der Waals surface area contributed by atoms with E-state index < -0.39 is 11.6 Å². The van der Waals surface area contributed by atoms with Crippen molar-refractivity contribution in [2.75, 3.05) is 12.3 Å². The molecule has 2 rings (SSSR count). The highest BCUT2D eigenvalue weighted by Gasteiger charge is 2.16. The van der Waals surface area contributed by atoms with Crippen LogP contribution in [0.2, 0.25) is 0 Å². The lowest BCUT2D eigenvalue weighted by atomic mass is 10.2. The lowest BCUT2D eigenvalue weighted by Crippen LogP contribution is -2.27. The number of nitrogen functional groups attached to an aromatic ring is 1. The molecule has 0 unspecified atom stereocenters. The second kappa shape index (κ2) is 5.00. The van der Waals surface area contributed by atoms with Crippen LogP contribution in [0.1, 0.15) is 20.8 Å². The molecule has 2 heterocycles. The van der Waals surface area contributed by atoms with Crippen LogP contribution >= 0.6 is 11.3 Å². The van der Waals surface area contributed by atoms with E-state index in [1.807, 2.05) is 0 Å². The fourth-order valence-corrected chi connectivity index (χ4v) is 2.10. The Bertz CT molecular complexity index is 604. The molecule has 6 nitrogen and oxygen atoms in total. The van der Waals surface area contributed by atoms with Gasteiger partial charge >= 0.3 is 5.97 Å². The molecular formula is C12H15N3O3S. The van der Waals surface area contributed by atoms with Crippen LogP contribution in [0.4, 0.5) is 5.13 Å². The molecule has 0 atom stereocenters. The average Bonchev–Trinajstić information content (AvgIpc) is 2.63. The summed E-state index contributed by atoms with van der Waals surface area (Å²) in [6.07, 6.45) is 0. The molecule has 0 aliphatic carbocycles. The molecule has 2 aromatic rings. The van der Waals surface area contributed by atoms with Crippen LogP contribution in [0, 0.1) is 0 Å². The SMILES string of the molecule is CC(C)(C)OC(=O)COc1ccc2nc(N)sc2n1. The zero-order valence-corrected chi connectivity index (χ0v) is 11.8. The highest BCUT2D eigenvalue weighted by Crippen LogP contribution is 2.23. The van der Waals surface area contributed by atoms with E-state index in [1.165, 1.54) is 11.3 Å². The number of nitrogens with zero attached hydrogens (tertiary/aromatic N) is 2. The van der Waals surface area contributed by atoms with E-state index in [2.05, 4.69) is 9.97 Å². The third kappa shape index (κ3) is 3.78. The second-order valence-corrected chi connectivity index (χ2v) is 5.91. The van der Waals surface area contributed by atoms with Gasteiger partial charge in [-0.15, -0.1) is 0 Å². The lowest BCUT2D eigenvalue weighted by Gasteiger charge is -2.19. The van der Waals surface area contributed by atoms with Crippen molar-refractivity contribution in [1.82, 2.24) is 9.97 Å². The molecule has 19 heavy (non-hydrogen) atoms. The summed E-state index contributed by atoms with van der Waals surface area (Å²) in [5.74, 6) is -0.0831. The predicted octanol–water partition coefficient (Wildman–Crippen LogP) is 1.99. The Kier molecular flexibility index (Phi) is 3.57. The van der Waals surface area contributed by atoms with Crippen molar-refractivity contribution >= 4 is 32.8 Å². The van der Waals surface area contributed by atoms with Gasteiger partial charge in [-0.1, -0.05) is 11.3 Å². The van der Waals surface area contributed by atoms with Gasteiger partial charge in [0.25, 0.3) is 0 Å². The first-order chi connectivity index (χ1) is 8.83. The van der Waals surface area contributed by atoms with E-state index in [0.717, 1.165) is 0 Å². The fourth-order valence-electron chi connectivity index (χ4n) is 1.40. The lowest BCUT2D eigenvalue weighted by molar-refractivity contribution is -0.157. The van der Waals surface area contributed by atoms with Crippen LogP contribution in [0.5, 0.6) is 5.88 Å². The van der Waals surface area contributed by atoms with Crippen LogP contribution in [-0.2, 0) is 9.53 Å². The molecule has 0 aromatic carbocycles. The van der Waals surface area contributed by atoms with Gasteiger partial charge in [-0.3, -0.25) is 0 Å². The Morgan fingerprint density at radius 1 is 1.37 bits per heavy atom. The molecular weight excluding hydrogens is 266 g/mol. The molecule has 2 aromatic heterocycles. The normalized spacial score (nSPS) is 11.5. The van der Waals surface area contributed by atoms with Gasteiger partial charge in [-0.25, -0.2) is 14.8 Å². The molecule has 2 N–H and O–H groups in total. The molecule has 0 spiro atoms. The highest BCUT2D eigenvalue weighted by atomic mass is 32.1. The predicted molar refractivity (Wildman–Crippen MR) is 73.2 cm³/mol. The topological polar surface area (TPSA) is 87.3 Å². The van der Waals surface area contributed by atoms with Crippen LogP contribution in [0.15, 0.2) is 12.1 Å². The first-order valence-corrected chi connectivity index (χ1v) is 6.53. The van der Waals surface area contributed by atoms with E-state index >= 15 is 0 Å². The number of carbonyl (C=O) groups excluding carboxylic acids is 1. The number of esters is 1. The Morgan fingerprint density at radius 3 is 2.79 bits per heavy atom. The molecule has 0 amide bonds. The van der Waals surface area contributed by atoms with E-state index in [1.54, 1.807) is 32.9 Å². The van der Waals surface area contributed by atoms with Gasteiger partial charge in [-0.2, -0.15) is 0 Å². The number of carbonyl (C=O) groups is 1. The number of hydrogen-bond acceptors (Lipinski definition) is 7. The molecule has 0 aliphatic heterocycles. The number of aromatic nitrogens is 2. The average molecular weight is 281 g/mol. The third-order valence-electron chi connectivity index (χ3n) is 2.00. The summed E-state index contributed by atoms with van der Waals surface area (Å²) in [5.41, 5.74) is 5.78. The molecule has 7 heteroatoms. The highest BCUT2D eigenvalue weighted by molar-refractivity contribution is 7.21. The minimum Gasteiger partial charge on any atom is -0.466 e. The summed E-state index contributed by atoms with van der Waals surface area (Å²) in [4.78, 5) is 20.5. The van der Waals surface area contributed by atoms with Crippen molar-refractivity contribution in [2.24, 2.45) is 0 Å². The Balaban J connectivity index is 1.99. The maximum Gasteiger partial charge on any atom is 0.344 e. The Labute approximate surface area is 114 Å². The Hall–Kier alpha value is -1.89. The van der Waals surface area contributed by atoms with E-state index in [-0.39, 0.29) is 6.61 Å². The monoisotopic (exact) mass is 281 g/mol. The first-order valence-electron chi connectivity index (χ1n) is 5.71. The van der Waals surface area contributed by atoms with E-state index in [9.17, 15) is 4.79 Å². The van der Waals surface area contributed by atoms with Crippen LogP contribution < -0.4 is 10.5 Å². The van der Waals surface area contributed by atoms with Gasteiger partial charge in [0.15, 0.2) is 11.7 Å². The summed E-state index contributed by atoms with van der Waals surface area (Å²) < 4.78 is 10.4. The smallest absolute Gasteiger partial charge is 0.344 e. The summed E-state index contributed by atoms with van der Waals surface area (Å²) in [6.45, 7) is 5.23. The number of hydrogen-bond donors (Lipinski definition) is 1. The quantitative estimate of drug-likeness (QED) is 0.866. The number of pyridine rings is 1. The number of anilines is 1. The molecule has 0 radical (unpaired) electrons. The van der Waals surface area contributed by atoms with Crippen molar-refractivity contribution < 1.29 is 14.3 Å². The number of fused-ring (bicyclic) bond motifs is 1. The van der Waals surface area contributed by atoms with E-state index in [0.29, 0.717) is 21.4 Å². The number of rotatable bonds is 3. The third-order valence-corrected chi connectivity index (χ3v) is 2.80. The van der Waals surface area contributed by atoms with Gasteiger partial charge in [0.05, 0.1) is 0 Å². The van der Waals surface area contributed by atoms with Gasteiger partial charge in [0.1, 0.15) is 15.9 Å². The van der Waals surface area contributed by atoms with Gasteiger partial charge in [0, 0.05) is 6.07 Å². The van der Waals surface area contributed by atoms with Gasteiger partial charge in [-0.05, 0) is 26.8 Å². The van der Waals surface area contributed by atoms with Crippen molar-refractivity contribution in [3.05, 3.63) is 12.1 Å². The minimum atomic E-state index is -0.524. The standard InChI is InChI=1S/C12H15N3O3S/c1-12(2,3)18-9(16)6-17-8-5-4-7-10(15-8)19-11(13)14-7/h4-5H,6H2,1-3H3,(H2,13,14). The molecule has 0 fully saturated rings. The van der Waals surface area contributed by atoms with Crippen molar-refractivity contribution in [3.63, 3.8) is 0 Å². The summed E-state index contributed by atoms with van der Waals surface area (Å²) in [7, 11) is 0. The number of thiazole rings is 1. The maximum atomic E-state index is 11.5. The fraction of sp³-hybridized carbons (Fsp3) is 0.417. The summed E-state index contributed by atoms with van der Waals surface area (Å²) in [6, 6.07) is 3.39. The van der Waals surface area contributed by atoms with Crippen LogP contribution in [-0.4, -0.2) is 28.1 Å². The minimum absolute atomic E-state index is 0.177. The maximum absolute atomic E-state index is 11.5. The molecule has 0 bridgehead atoms. The summed E-state index contributed by atoms with van der Waals surface area (Å²) in [5, 5.41) is 0.451. The molecule has 0 saturated heterocycles. The van der Waals surface area contributed by atoms with Gasteiger partial charge in [0.2, 0.25) is 5.88 Å². The van der Waals surface area contributed by atoms with Crippen LogP contribution in [0.25, 0.3) is 10.3 Å². The molecule has 102 valence electrons. The number of ether oxygens (including phenoxy) is 2. The van der Waals surface area contributed by atoms with Crippen LogP contribution in [0.3, 0.4) is 0 Å². The zero-order chi connectivity index (χ0) is 14.0. The largest absolute Gasteiger partial charge is 0.466 e. The van der Waals surface area contributed by atoms with Crippen molar-refractivity contribution in [3.8, 4) is 5.88 Å². The molecule has 0 saturated carbocycles. The summed E-state index contributed by atoms with van der Waals surface area (Å²) >= 11 is 1.27. The number of nitrogens with two attached hydrogens (primary N) is 1.